The minimum atomic E-state index is -0.455. The maximum atomic E-state index is 12.0. The quantitative estimate of drug-likeness (QED) is 0.620. The Morgan fingerprint density at radius 2 is 2.15 bits per heavy atom. The number of nitrogens with one attached hydrogen (secondary N) is 2. The van der Waals surface area contributed by atoms with E-state index in [4.69, 9.17) is 4.74 Å². The Labute approximate surface area is 150 Å². The fraction of sp³-hybridized carbons (Fsp3) is 0.389. The molecule has 1 fully saturated rings. The van der Waals surface area contributed by atoms with E-state index >= 15 is 0 Å². The third kappa shape index (κ3) is 3.61. The first kappa shape index (κ1) is 18.1. The van der Waals surface area contributed by atoms with E-state index in [1.54, 1.807) is 12.1 Å². The number of ether oxygens (including phenoxy) is 1. The molecule has 138 valence electrons. The number of cyclic esters (lactones) is 1. The molecule has 1 aromatic carbocycles. The van der Waals surface area contributed by atoms with Crippen molar-refractivity contribution >= 4 is 29.5 Å². The highest BCUT2D eigenvalue weighted by molar-refractivity contribution is 5.93. The Morgan fingerprint density at radius 3 is 2.77 bits per heavy atom. The van der Waals surface area contributed by atoms with Gasteiger partial charge in [0.2, 0.25) is 5.91 Å². The van der Waals surface area contributed by atoms with Gasteiger partial charge in [0.1, 0.15) is 12.4 Å². The Balaban J connectivity index is 1.73. The van der Waals surface area contributed by atoms with Crippen LogP contribution in [0.1, 0.15) is 12.5 Å². The average Bonchev–Trinajstić information content (AvgIpc) is 3.22. The third-order valence-electron chi connectivity index (χ3n) is 4.54. The second-order valence-electron chi connectivity index (χ2n) is 6.27. The number of rotatable bonds is 6. The van der Waals surface area contributed by atoms with Crippen molar-refractivity contribution in [3.8, 4) is 0 Å². The molecule has 2 atom stereocenters. The van der Waals surface area contributed by atoms with Gasteiger partial charge in [0, 0.05) is 24.7 Å². The van der Waals surface area contributed by atoms with Gasteiger partial charge in [-0.15, -0.1) is 0 Å². The molecule has 8 nitrogen and oxygen atoms in total. The molecule has 2 heterocycles. The Kier molecular flexibility index (Phi) is 5.34. The third-order valence-corrected chi connectivity index (χ3v) is 4.54. The topological polar surface area (TPSA) is 108 Å². The van der Waals surface area contributed by atoms with Crippen molar-refractivity contribution in [1.82, 2.24) is 10.6 Å². The maximum absolute atomic E-state index is 12.0. The van der Waals surface area contributed by atoms with Gasteiger partial charge in [-0.1, -0.05) is 12.1 Å². The number of nitrogens with zero attached hydrogens (tertiary/aromatic N) is 1. The molecule has 2 aliphatic rings. The maximum Gasteiger partial charge on any atom is 0.414 e. The summed E-state index contributed by atoms with van der Waals surface area (Å²) in [5.74, 6) is -0.172. The summed E-state index contributed by atoms with van der Waals surface area (Å²) in [6.07, 6.45) is -0.0715. The predicted octanol–water partition coefficient (Wildman–Crippen LogP) is 0.0645. The molecule has 8 heteroatoms. The van der Waals surface area contributed by atoms with E-state index in [0.29, 0.717) is 24.4 Å². The minimum Gasteiger partial charge on any atom is -0.442 e. The van der Waals surface area contributed by atoms with E-state index in [9.17, 15) is 19.5 Å². The monoisotopic (exact) mass is 359 g/mol. The summed E-state index contributed by atoms with van der Waals surface area (Å²) in [6.45, 7) is 2.41. The summed E-state index contributed by atoms with van der Waals surface area (Å²) >= 11 is 0. The molecule has 1 saturated heterocycles. The van der Waals surface area contributed by atoms with Crippen molar-refractivity contribution < 1.29 is 24.2 Å². The summed E-state index contributed by atoms with van der Waals surface area (Å²) in [5, 5.41) is 15.0. The molecule has 0 saturated carbocycles. The molecule has 0 unspecified atom stereocenters. The molecule has 1 aromatic rings. The van der Waals surface area contributed by atoms with Gasteiger partial charge in [0.05, 0.1) is 25.7 Å². The lowest BCUT2D eigenvalue weighted by Gasteiger charge is -2.14. The molecule has 2 aliphatic heterocycles. The number of aldehydes is 1. The van der Waals surface area contributed by atoms with Crippen LogP contribution in [0.4, 0.5) is 10.5 Å². The van der Waals surface area contributed by atoms with Gasteiger partial charge in [-0.2, -0.15) is 0 Å². The molecule has 3 rings (SSSR count). The lowest BCUT2D eigenvalue weighted by atomic mass is 10.00. The van der Waals surface area contributed by atoms with Crippen LogP contribution in [0.5, 0.6) is 0 Å². The van der Waals surface area contributed by atoms with Crippen molar-refractivity contribution in [2.45, 2.75) is 19.1 Å². The number of aliphatic hydroxyl groups is 1. The Bertz CT molecular complexity index is 744. The molecular formula is C18H21N3O5. The fourth-order valence-electron chi connectivity index (χ4n) is 3.17. The smallest absolute Gasteiger partial charge is 0.414 e. The first-order chi connectivity index (χ1) is 12.5. The number of carbonyl (C=O) groups excluding carboxylic acids is 3. The summed E-state index contributed by atoms with van der Waals surface area (Å²) in [6, 6.07) is 6.91. The van der Waals surface area contributed by atoms with Gasteiger partial charge in [0.15, 0.2) is 0 Å². The highest BCUT2D eigenvalue weighted by atomic mass is 16.6. The lowest BCUT2D eigenvalue weighted by molar-refractivity contribution is -0.119. The van der Waals surface area contributed by atoms with Crippen molar-refractivity contribution in [3.63, 3.8) is 0 Å². The van der Waals surface area contributed by atoms with Crippen LogP contribution in [0.3, 0.4) is 0 Å². The zero-order valence-electron chi connectivity index (χ0n) is 14.4. The fourth-order valence-corrected chi connectivity index (χ4v) is 3.17. The van der Waals surface area contributed by atoms with Gasteiger partial charge in [0.25, 0.3) is 0 Å². The standard InChI is InChI=1S/C18H21N3O5/c1-11(24)19-6-14-8-21(18(25)26-14)13-4-2-12(3-5-13)15-7-20-17(10-23)16(15)9-22/h2-5,9,14,17,20,23H,6-8,10H2,1H3,(H,19,24)/t14-,17+/m0/s1. The zero-order valence-corrected chi connectivity index (χ0v) is 14.4. The van der Waals surface area contributed by atoms with E-state index in [-0.39, 0.29) is 31.2 Å². The number of amides is 2. The number of hydrogen-bond donors (Lipinski definition) is 3. The second kappa shape index (κ2) is 7.67. The van der Waals surface area contributed by atoms with Crippen molar-refractivity contribution in [2.24, 2.45) is 0 Å². The molecule has 0 spiro atoms. The van der Waals surface area contributed by atoms with E-state index in [1.165, 1.54) is 11.8 Å². The van der Waals surface area contributed by atoms with E-state index in [2.05, 4.69) is 10.6 Å². The van der Waals surface area contributed by atoms with Crippen LogP contribution in [0.25, 0.3) is 5.57 Å². The molecule has 26 heavy (non-hydrogen) atoms. The Morgan fingerprint density at radius 1 is 1.42 bits per heavy atom. The number of benzene rings is 1. The SMILES string of the molecule is CC(=O)NC[C@H]1CN(c2ccc(C3=C(C=O)[C@@H](CO)NC3)cc2)C(=O)O1. The molecular weight excluding hydrogens is 338 g/mol. The first-order valence-corrected chi connectivity index (χ1v) is 8.39. The van der Waals surface area contributed by atoms with Crippen molar-refractivity contribution in [2.75, 3.05) is 31.1 Å². The molecule has 0 bridgehead atoms. The first-order valence-electron chi connectivity index (χ1n) is 8.39. The van der Waals surface area contributed by atoms with Crippen LogP contribution in [0.2, 0.25) is 0 Å². The summed E-state index contributed by atoms with van der Waals surface area (Å²) < 4.78 is 5.25. The predicted molar refractivity (Wildman–Crippen MR) is 94.6 cm³/mol. The normalized spacial score (nSPS) is 22.5. The van der Waals surface area contributed by atoms with Gasteiger partial charge in [-0.05, 0) is 23.3 Å². The van der Waals surface area contributed by atoms with Crippen LogP contribution in [0, 0.1) is 0 Å². The van der Waals surface area contributed by atoms with Crippen LogP contribution < -0.4 is 15.5 Å². The van der Waals surface area contributed by atoms with Gasteiger partial charge in [-0.3, -0.25) is 14.5 Å². The number of anilines is 1. The number of carbonyl (C=O) groups is 3. The summed E-state index contributed by atoms with van der Waals surface area (Å²) in [4.78, 5) is 35.9. The van der Waals surface area contributed by atoms with E-state index < -0.39 is 6.09 Å². The highest BCUT2D eigenvalue weighted by Crippen LogP contribution is 2.28. The van der Waals surface area contributed by atoms with Crippen molar-refractivity contribution in [3.05, 3.63) is 35.4 Å². The molecule has 0 aromatic heterocycles. The zero-order chi connectivity index (χ0) is 18.7. The van der Waals surface area contributed by atoms with Gasteiger partial charge in [-0.25, -0.2) is 4.79 Å². The Hall–Kier alpha value is -2.71. The number of hydrogen-bond acceptors (Lipinski definition) is 6. The van der Waals surface area contributed by atoms with Crippen LogP contribution in [0.15, 0.2) is 29.8 Å². The van der Waals surface area contributed by atoms with Gasteiger partial charge < -0.3 is 20.5 Å². The highest BCUT2D eigenvalue weighted by Gasteiger charge is 2.32. The van der Waals surface area contributed by atoms with Crippen LogP contribution in [-0.2, 0) is 14.3 Å². The summed E-state index contributed by atoms with van der Waals surface area (Å²) in [7, 11) is 0. The number of aliphatic hydroxyl groups excluding tert-OH is 1. The van der Waals surface area contributed by atoms with E-state index in [1.807, 2.05) is 12.1 Å². The second-order valence-corrected chi connectivity index (χ2v) is 6.27. The van der Waals surface area contributed by atoms with Crippen molar-refractivity contribution in [1.29, 1.82) is 0 Å². The molecule has 0 radical (unpaired) electrons. The lowest BCUT2D eigenvalue weighted by Crippen LogP contribution is -2.33. The average molecular weight is 359 g/mol. The molecule has 3 N–H and O–H groups in total. The summed E-state index contributed by atoms with van der Waals surface area (Å²) in [5.41, 5.74) is 2.94. The van der Waals surface area contributed by atoms with Crippen LogP contribution >= 0.6 is 0 Å². The van der Waals surface area contributed by atoms with Crippen LogP contribution in [-0.4, -0.2) is 61.8 Å². The van der Waals surface area contributed by atoms with E-state index in [0.717, 1.165) is 17.4 Å². The minimum absolute atomic E-state index is 0.134. The largest absolute Gasteiger partial charge is 0.442 e. The van der Waals surface area contributed by atoms with Gasteiger partial charge >= 0.3 is 6.09 Å². The molecule has 0 aliphatic carbocycles. The molecule has 2 amide bonds.